The average Bonchev–Trinajstić information content (AvgIpc) is 3.00. The molecule has 2 aliphatic heterocycles. The van der Waals surface area contributed by atoms with E-state index in [0.29, 0.717) is 44.0 Å². The quantitative estimate of drug-likeness (QED) is 0.605. The molecule has 1 atom stereocenters. The van der Waals surface area contributed by atoms with Crippen LogP contribution < -0.4 is 11.1 Å². The molecule has 2 fully saturated rings. The summed E-state index contributed by atoms with van der Waals surface area (Å²) in [7, 11) is 0. The molecule has 2 saturated heterocycles. The van der Waals surface area contributed by atoms with Crippen LogP contribution >= 0.6 is 11.6 Å². The van der Waals surface area contributed by atoms with Crippen molar-refractivity contribution in [3.63, 3.8) is 0 Å². The number of halogens is 1. The summed E-state index contributed by atoms with van der Waals surface area (Å²) in [6, 6.07) is 5.79. The highest BCUT2D eigenvalue weighted by Gasteiger charge is 2.49. The van der Waals surface area contributed by atoms with Gasteiger partial charge in [0.2, 0.25) is 11.8 Å². The summed E-state index contributed by atoms with van der Waals surface area (Å²) in [5.74, 6) is -1.13. The summed E-state index contributed by atoms with van der Waals surface area (Å²) in [6.07, 6.45) is 0.938. The minimum absolute atomic E-state index is 0.289. The molecule has 5 amide bonds. The zero-order valence-electron chi connectivity index (χ0n) is 17.8. The summed E-state index contributed by atoms with van der Waals surface area (Å²) >= 11 is 5.93. The second kappa shape index (κ2) is 9.23. The first kappa shape index (κ1) is 23.0. The zero-order chi connectivity index (χ0) is 22.8. The molecule has 31 heavy (non-hydrogen) atoms. The Balaban J connectivity index is 1.62. The molecule has 2 aliphatic rings. The Morgan fingerprint density at radius 1 is 1.10 bits per heavy atom. The number of imide groups is 1. The first-order valence-electron chi connectivity index (χ1n) is 10.4. The normalized spacial score (nSPS) is 20.0. The molecule has 0 radical (unpaired) electrons. The van der Waals surface area contributed by atoms with E-state index in [9.17, 15) is 19.2 Å². The third-order valence-electron chi connectivity index (χ3n) is 6.23. The summed E-state index contributed by atoms with van der Waals surface area (Å²) < 4.78 is 0. The summed E-state index contributed by atoms with van der Waals surface area (Å²) in [4.78, 5) is 54.4. The van der Waals surface area contributed by atoms with Gasteiger partial charge in [0.15, 0.2) is 0 Å². The number of nitrogens with zero attached hydrogens (tertiary/aromatic N) is 3. The highest BCUT2D eigenvalue weighted by molar-refractivity contribution is 6.30. The van der Waals surface area contributed by atoms with Crippen LogP contribution in [-0.2, 0) is 14.4 Å². The van der Waals surface area contributed by atoms with Crippen LogP contribution in [0, 0.1) is 0 Å². The van der Waals surface area contributed by atoms with Gasteiger partial charge in [-0.15, -0.1) is 0 Å². The van der Waals surface area contributed by atoms with Gasteiger partial charge in [0, 0.05) is 31.2 Å². The van der Waals surface area contributed by atoms with Gasteiger partial charge in [-0.25, -0.2) is 4.79 Å². The summed E-state index contributed by atoms with van der Waals surface area (Å²) in [6.45, 7) is 5.00. The first-order chi connectivity index (χ1) is 14.7. The molecule has 0 unspecified atom stereocenters. The third kappa shape index (κ3) is 4.52. The molecule has 0 aromatic heterocycles. The minimum atomic E-state index is -0.927. The SMILES string of the molecule is CCC1(CC)NC(=O)N(CC(=O)N2CCN([C@H](C(N)=O)c3ccc(Cl)cc3)CC2)C1=O. The largest absolute Gasteiger partial charge is 0.368 e. The maximum atomic E-state index is 12.8. The number of carbonyl (C=O) groups is 4. The van der Waals surface area contributed by atoms with Crippen LogP contribution in [0.15, 0.2) is 24.3 Å². The molecule has 168 valence electrons. The maximum absolute atomic E-state index is 12.8. The lowest BCUT2D eigenvalue weighted by Crippen LogP contribution is -2.54. The highest BCUT2D eigenvalue weighted by Crippen LogP contribution is 2.26. The van der Waals surface area contributed by atoms with Crippen LogP contribution in [0.4, 0.5) is 4.79 Å². The molecule has 0 saturated carbocycles. The van der Waals surface area contributed by atoms with Crippen LogP contribution in [0.3, 0.4) is 0 Å². The Kier molecular flexibility index (Phi) is 6.86. The van der Waals surface area contributed by atoms with Crippen molar-refractivity contribution in [3.05, 3.63) is 34.9 Å². The van der Waals surface area contributed by atoms with Crippen molar-refractivity contribution in [2.45, 2.75) is 38.3 Å². The molecule has 1 aromatic rings. The van der Waals surface area contributed by atoms with E-state index in [4.69, 9.17) is 17.3 Å². The van der Waals surface area contributed by atoms with Gasteiger partial charge in [-0.05, 0) is 30.5 Å². The van der Waals surface area contributed by atoms with Gasteiger partial charge >= 0.3 is 6.03 Å². The smallest absolute Gasteiger partial charge is 0.325 e. The third-order valence-corrected chi connectivity index (χ3v) is 6.49. The van der Waals surface area contributed by atoms with E-state index in [1.807, 2.05) is 18.7 Å². The molecule has 0 bridgehead atoms. The van der Waals surface area contributed by atoms with Crippen molar-refractivity contribution < 1.29 is 19.2 Å². The van der Waals surface area contributed by atoms with Gasteiger partial charge in [0.1, 0.15) is 18.1 Å². The highest BCUT2D eigenvalue weighted by atomic mass is 35.5. The second-order valence-corrected chi connectivity index (χ2v) is 8.32. The summed E-state index contributed by atoms with van der Waals surface area (Å²) in [5, 5.41) is 3.30. The number of hydrogen-bond acceptors (Lipinski definition) is 5. The van der Waals surface area contributed by atoms with E-state index in [-0.39, 0.29) is 18.4 Å². The molecule has 1 aromatic carbocycles. The van der Waals surface area contributed by atoms with Crippen molar-refractivity contribution in [1.82, 2.24) is 20.0 Å². The number of nitrogens with one attached hydrogen (secondary N) is 1. The van der Waals surface area contributed by atoms with E-state index < -0.39 is 23.5 Å². The molecule has 0 spiro atoms. The zero-order valence-corrected chi connectivity index (χ0v) is 18.5. The molecule has 2 heterocycles. The average molecular weight is 450 g/mol. The molecule has 10 heteroatoms. The fourth-order valence-electron chi connectivity index (χ4n) is 4.21. The van der Waals surface area contributed by atoms with Gasteiger partial charge in [-0.3, -0.25) is 24.2 Å². The fourth-order valence-corrected chi connectivity index (χ4v) is 4.34. The lowest BCUT2D eigenvalue weighted by molar-refractivity contribution is -0.140. The van der Waals surface area contributed by atoms with E-state index in [1.54, 1.807) is 29.2 Å². The number of nitrogens with two attached hydrogens (primary N) is 1. The Morgan fingerprint density at radius 3 is 2.16 bits per heavy atom. The lowest BCUT2D eigenvalue weighted by Gasteiger charge is -2.38. The Hall–Kier alpha value is -2.65. The van der Waals surface area contributed by atoms with Crippen LogP contribution in [0.25, 0.3) is 0 Å². The molecule has 3 rings (SSSR count). The number of carbonyl (C=O) groups excluding carboxylic acids is 4. The van der Waals surface area contributed by atoms with Crippen LogP contribution in [0.1, 0.15) is 38.3 Å². The predicted molar refractivity (Wildman–Crippen MR) is 115 cm³/mol. The molecule has 3 N–H and O–H groups in total. The Bertz CT molecular complexity index is 863. The van der Waals surface area contributed by atoms with E-state index in [1.165, 1.54) is 0 Å². The molecule has 0 aliphatic carbocycles. The number of urea groups is 1. The molecule has 9 nitrogen and oxygen atoms in total. The van der Waals surface area contributed by atoms with Crippen molar-refractivity contribution in [1.29, 1.82) is 0 Å². The number of amides is 5. The van der Waals surface area contributed by atoms with Crippen molar-refractivity contribution in [2.24, 2.45) is 5.73 Å². The predicted octanol–water partition coefficient (Wildman–Crippen LogP) is 1.12. The van der Waals surface area contributed by atoms with E-state index in [2.05, 4.69) is 5.32 Å². The van der Waals surface area contributed by atoms with Crippen molar-refractivity contribution in [2.75, 3.05) is 32.7 Å². The fraction of sp³-hybridized carbons (Fsp3) is 0.524. The minimum Gasteiger partial charge on any atom is -0.368 e. The number of primary amides is 1. The van der Waals surface area contributed by atoms with Gasteiger partial charge in [-0.1, -0.05) is 37.6 Å². The van der Waals surface area contributed by atoms with Crippen LogP contribution in [0.2, 0.25) is 5.02 Å². The standard InChI is InChI=1S/C21H28ClN5O4/c1-3-21(4-2)19(30)27(20(31)24-21)13-16(28)25-9-11-26(12-10-25)17(18(23)29)14-5-7-15(22)8-6-14/h5-8,17H,3-4,9-13H2,1-2H3,(H2,23,29)(H,24,31)/t17-/m0/s1. The molecular weight excluding hydrogens is 422 g/mol. The number of hydrogen-bond donors (Lipinski definition) is 2. The van der Waals surface area contributed by atoms with Crippen LogP contribution in [-0.4, -0.2) is 76.7 Å². The lowest BCUT2D eigenvalue weighted by atomic mass is 9.93. The van der Waals surface area contributed by atoms with Crippen LogP contribution in [0.5, 0.6) is 0 Å². The Morgan fingerprint density at radius 2 is 1.68 bits per heavy atom. The van der Waals surface area contributed by atoms with Gasteiger partial charge in [0.05, 0.1) is 0 Å². The maximum Gasteiger partial charge on any atom is 0.325 e. The van der Waals surface area contributed by atoms with E-state index in [0.717, 1.165) is 10.5 Å². The summed E-state index contributed by atoms with van der Waals surface area (Å²) in [5.41, 5.74) is 5.46. The monoisotopic (exact) mass is 449 g/mol. The Labute approximate surface area is 186 Å². The van der Waals surface area contributed by atoms with Gasteiger partial charge in [0.25, 0.3) is 5.91 Å². The van der Waals surface area contributed by atoms with Crippen molar-refractivity contribution >= 4 is 35.4 Å². The van der Waals surface area contributed by atoms with Gasteiger partial charge < -0.3 is 16.0 Å². The number of rotatable bonds is 7. The topological polar surface area (TPSA) is 116 Å². The second-order valence-electron chi connectivity index (χ2n) is 7.88. The van der Waals surface area contributed by atoms with E-state index >= 15 is 0 Å². The first-order valence-corrected chi connectivity index (χ1v) is 10.8. The number of piperazine rings is 1. The molecular formula is C21H28ClN5O4. The van der Waals surface area contributed by atoms with Crippen molar-refractivity contribution in [3.8, 4) is 0 Å². The number of benzene rings is 1. The van der Waals surface area contributed by atoms with Gasteiger partial charge in [-0.2, -0.15) is 0 Å².